The predicted octanol–water partition coefficient (Wildman–Crippen LogP) is 2.55. The number of aliphatic imine (C=N–C) groups is 1. The molecule has 0 aromatic heterocycles. The lowest BCUT2D eigenvalue weighted by Crippen LogP contribution is -2.44. The number of aromatic hydroxyl groups is 1. The molecule has 1 saturated heterocycles. The second kappa shape index (κ2) is 8.92. The maximum atomic E-state index is 9.88. The second-order valence-corrected chi connectivity index (χ2v) is 6.58. The highest BCUT2D eigenvalue weighted by Gasteiger charge is 2.22. The molecule has 1 unspecified atom stereocenters. The van der Waals surface area contributed by atoms with Crippen LogP contribution < -0.4 is 10.6 Å². The van der Waals surface area contributed by atoms with E-state index in [9.17, 15) is 5.11 Å². The largest absolute Gasteiger partial charge is 0.507 e. The first-order valence-corrected chi connectivity index (χ1v) is 9.10. The Labute approximate surface area is 146 Å². The van der Waals surface area contributed by atoms with E-state index in [0.717, 1.165) is 42.3 Å². The standard InChI is InChI=1S/C19H32N4O/c1-5-20-19(22-13-17-8-7-9-23(17)6-2)21-12-16-10-14(3)18(24)15(4)11-16/h10-11,17,24H,5-9,12-13H2,1-4H3,(H2,20,21,22). The van der Waals surface area contributed by atoms with Crippen LogP contribution in [0.5, 0.6) is 5.75 Å². The fraction of sp³-hybridized carbons (Fsp3) is 0.632. The van der Waals surface area contributed by atoms with E-state index in [2.05, 4.69) is 29.4 Å². The summed E-state index contributed by atoms with van der Waals surface area (Å²) < 4.78 is 0. The molecule has 5 nitrogen and oxygen atoms in total. The predicted molar refractivity (Wildman–Crippen MR) is 101 cm³/mol. The molecule has 1 aliphatic rings. The summed E-state index contributed by atoms with van der Waals surface area (Å²) in [5, 5.41) is 16.7. The zero-order chi connectivity index (χ0) is 17.5. The highest BCUT2D eigenvalue weighted by molar-refractivity contribution is 5.79. The molecular formula is C19H32N4O. The second-order valence-electron chi connectivity index (χ2n) is 6.58. The van der Waals surface area contributed by atoms with E-state index in [0.29, 0.717) is 18.3 Å². The lowest BCUT2D eigenvalue weighted by atomic mass is 10.1. The first-order valence-electron chi connectivity index (χ1n) is 9.10. The number of nitrogens with one attached hydrogen (secondary N) is 2. The number of hydrogen-bond donors (Lipinski definition) is 3. The molecule has 1 aromatic rings. The third-order valence-electron chi connectivity index (χ3n) is 4.73. The van der Waals surface area contributed by atoms with Crippen molar-refractivity contribution in [2.24, 2.45) is 4.99 Å². The molecule has 2 rings (SSSR count). The number of phenolic OH excluding ortho intramolecular Hbond substituents is 1. The van der Waals surface area contributed by atoms with Gasteiger partial charge in [-0.25, -0.2) is 4.99 Å². The van der Waals surface area contributed by atoms with Crippen molar-refractivity contribution >= 4 is 5.96 Å². The van der Waals surface area contributed by atoms with Gasteiger partial charge in [0, 0.05) is 19.1 Å². The number of guanidine groups is 1. The van der Waals surface area contributed by atoms with Gasteiger partial charge in [-0.15, -0.1) is 0 Å². The number of nitrogens with zero attached hydrogens (tertiary/aromatic N) is 2. The molecule has 0 saturated carbocycles. The molecule has 3 N–H and O–H groups in total. The number of likely N-dealkylation sites (N-methyl/N-ethyl adjacent to an activating group) is 1. The lowest BCUT2D eigenvalue weighted by molar-refractivity contribution is 0.267. The van der Waals surface area contributed by atoms with E-state index in [-0.39, 0.29) is 0 Å². The Kier molecular flexibility index (Phi) is 6.91. The highest BCUT2D eigenvalue weighted by Crippen LogP contribution is 2.23. The van der Waals surface area contributed by atoms with Gasteiger partial charge in [-0.2, -0.15) is 0 Å². The van der Waals surface area contributed by atoms with Crippen molar-refractivity contribution in [3.05, 3.63) is 28.8 Å². The smallest absolute Gasteiger partial charge is 0.191 e. The van der Waals surface area contributed by atoms with Crippen molar-refractivity contribution in [2.45, 2.75) is 53.1 Å². The van der Waals surface area contributed by atoms with Gasteiger partial charge in [0.2, 0.25) is 0 Å². The third kappa shape index (κ3) is 4.87. The Morgan fingerprint density at radius 2 is 1.96 bits per heavy atom. The minimum Gasteiger partial charge on any atom is -0.507 e. The molecular weight excluding hydrogens is 300 g/mol. The van der Waals surface area contributed by atoms with Crippen LogP contribution in [0.4, 0.5) is 0 Å². The number of rotatable bonds is 6. The SMILES string of the molecule is CCNC(=NCc1cc(C)c(O)c(C)c1)NCC1CCCN1CC. The number of phenols is 1. The molecule has 0 aliphatic carbocycles. The molecule has 1 aromatic carbocycles. The molecule has 1 fully saturated rings. The van der Waals surface area contributed by atoms with Crippen molar-refractivity contribution in [1.82, 2.24) is 15.5 Å². The fourth-order valence-corrected chi connectivity index (χ4v) is 3.41. The molecule has 1 aliphatic heterocycles. The van der Waals surface area contributed by atoms with Crippen molar-refractivity contribution in [3.8, 4) is 5.75 Å². The minimum atomic E-state index is 0.383. The number of benzene rings is 1. The van der Waals surface area contributed by atoms with Crippen molar-refractivity contribution < 1.29 is 5.11 Å². The van der Waals surface area contributed by atoms with Crippen LogP contribution in [0, 0.1) is 13.8 Å². The van der Waals surface area contributed by atoms with Gasteiger partial charge < -0.3 is 15.7 Å². The van der Waals surface area contributed by atoms with E-state index < -0.39 is 0 Å². The lowest BCUT2D eigenvalue weighted by Gasteiger charge is -2.24. The summed E-state index contributed by atoms with van der Waals surface area (Å²) in [5.74, 6) is 1.25. The zero-order valence-corrected chi connectivity index (χ0v) is 15.5. The Hall–Kier alpha value is -1.75. The van der Waals surface area contributed by atoms with Crippen LogP contribution in [-0.4, -0.2) is 48.2 Å². The Morgan fingerprint density at radius 3 is 2.58 bits per heavy atom. The van der Waals surface area contributed by atoms with Gasteiger partial charge in [-0.1, -0.05) is 19.1 Å². The third-order valence-corrected chi connectivity index (χ3v) is 4.73. The summed E-state index contributed by atoms with van der Waals surface area (Å²) in [6.45, 7) is 12.9. The average Bonchev–Trinajstić information content (AvgIpc) is 3.02. The van der Waals surface area contributed by atoms with Crippen LogP contribution >= 0.6 is 0 Å². The number of aryl methyl sites for hydroxylation is 2. The first kappa shape index (κ1) is 18.6. The fourth-order valence-electron chi connectivity index (χ4n) is 3.41. The summed E-state index contributed by atoms with van der Waals surface area (Å²) >= 11 is 0. The van der Waals surface area contributed by atoms with E-state index >= 15 is 0 Å². The molecule has 0 radical (unpaired) electrons. The van der Waals surface area contributed by atoms with Gasteiger partial charge in [0.25, 0.3) is 0 Å². The quantitative estimate of drug-likeness (QED) is 0.553. The van der Waals surface area contributed by atoms with Gasteiger partial charge in [0.05, 0.1) is 6.54 Å². The number of likely N-dealkylation sites (tertiary alicyclic amines) is 1. The molecule has 1 atom stereocenters. The topological polar surface area (TPSA) is 59.9 Å². The van der Waals surface area contributed by atoms with Gasteiger partial charge in [0.1, 0.15) is 5.75 Å². The average molecular weight is 332 g/mol. The molecule has 5 heteroatoms. The van der Waals surface area contributed by atoms with E-state index in [4.69, 9.17) is 4.99 Å². The molecule has 0 amide bonds. The normalized spacial score (nSPS) is 18.8. The summed E-state index contributed by atoms with van der Waals surface area (Å²) in [4.78, 5) is 7.23. The highest BCUT2D eigenvalue weighted by atomic mass is 16.3. The summed E-state index contributed by atoms with van der Waals surface area (Å²) in [5.41, 5.74) is 2.93. The summed E-state index contributed by atoms with van der Waals surface area (Å²) in [6, 6.07) is 4.62. The van der Waals surface area contributed by atoms with E-state index in [1.807, 2.05) is 26.0 Å². The van der Waals surface area contributed by atoms with Crippen LogP contribution in [0.15, 0.2) is 17.1 Å². The van der Waals surface area contributed by atoms with Crippen LogP contribution in [0.3, 0.4) is 0 Å². The summed E-state index contributed by atoms with van der Waals surface area (Å²) in [6.07, 6.45) is 2.55. The van der Waals surface area contributed by atoms with Crippen LogP contribution in [0.2, 0.25) is 0 Å². The van der Waals surface area contributed by atoms with Crippen molar-refractivity contribution in [1.29, 1.82) is 0 Å². The van der Waals surface area contributed by atoms with Crippen LogP contribution in [0.25, 0.3) is 0 Å². The van der Waals surface area contributed by atoms with Crippen LogP contribution in [0.1, 0.15) is 43.4 Å². The Bertz CT molecular complexity index is 547. The van der Waals surface area contributed by atoms with Crippen molar-refractivity contribution in [3.63, 3.8) is 0 Å². The Balaban J connectivity index is 1.97. The molecule has 0 bridgehead atoms. The number of hydrogen-bond acceptors (Lipinski definition) is 3. The minimum absolute atomic E-state index is 0.383. The first-order chi connectivity index (χ1) is 11.5. The zero-order valence-electron chi connectivity index (χ0n) is 15.5. The molecule has 1 heterocycles. The van der Waals surface area contributed by atoms with Gasteiger partial charge in [0.15, 0.2) is 5.96 Å². The maximum Gasteiger partial charge on any atom is 0.191 e. The van der Waals surface area contributed by atoms with Crippen molar-refractivity contribution in [2.75, 3.05) is 26.2 Å². The van der Waals surface area contributed by atoms with E-state index in [1.165, 1.54) is 19.4 Å². The van der Waals surface area contributed by atoms with Crippen LogP contribution in [-0.2, 0) is 6.54 Å². The molecule has 134 valence electrons. The monoisotopic (exact) mass is 332 g/mol. The van der Waals surface area contributed by atoms with Gasteiger partial charge in [-0.3, -0.25) is 4.90 Å². The van der Waals surface area contributed by atoms with Gasteiger partial charge in [-0.05, 0) is 63.4 Å². The molecule has 24 heavy (non-hydrogen) atoms. The Morgan fingerprint density at radius 1 is 1.25 bits per heavy atom. The molecule has 0 spiro atoms. The summed E-state index contributed by atoms with van der Waals surface area (Å²) in [7, 11) is 0. The maximum absolute atomic E-state index is 9.88. The van der Waals surface area contributed by atoms with Gasteiger partial charge >= 0.3 is 0 Å². The van der Waals surface area contributed by atoms with E-state index in [1.54, 1.807) is 0 Å².